The predicted molar refractivity (Wildman–Crippen MR) is 102 cm³/mol. The molecule has 2 aromatic rings. The summed E-state index contributed by atoms with van der Waals surface area (Å²) in [5.74, 6) is -0.147. The highest BCUT2D eigenvalue weighted by atomic mass is 35.5. The molecule has 2 aromatic carbocycles. The van der Waals surface area contributed by atoms with Gasteiger partial charge in [0.2, 0.25) is 0 Å². The molecule has 0 N–H and O–H groups in total. The second-order valence-corrected chi connectivity index (χ2v) is 7.10. The lowest BCUT2D eigenvalue weighted by Crippen LogP contribution is -2.46. The number of aryl methyl sites for hydroxylation is 1. The van der Waals surface area contributed by atoms with Crippen LogP contribution in [-0.4, -0.2) is 27.2 Å². The van der Waals surface area contributed by atoms with Gasteiger partial charge in [-0.25, -0.2) is 0 Å². The van der Waals surface area contributed by atoms with Crippen LogP contribution in [0.3, 0.4) is 0 Å². The number of carbonyl (C=O) groups is 1. The second-order valence-electron chi connectivity index (χ2n) is 6.28. The van der Waals surface area contributed by atoms with Crippen molar-refractivity contribution >= 4 is 40.4 Å². The molecule has 1 aliphatic heterocycles. The van der Waals surface area contributed by atoms with Crippen molar-refractivity contribution in [3.63, 3.8) is 0 Å². The predicted octanol–water partition coefficient (Wildman–Crippen LogP) is 4.66. The summed E-state index contributed by atoms with van der Waals surface area (Å²) in [5.41, 5.74) is 2.40. The molecule has 0 atom stereocenters. The number of hydrogen-bond acceptors (Lipinski definition) is 3. The van der Waals surface area contributed by atoms with E-state index in [-0.39, 0.29) is 5.91 Å². The number of thiocarbonyl (C=S) groups is 1. The van der Waals surface area contributed by atoms with Crippen LogP contribution in [0.5, 0.6) is 0 Å². The molecule has 0 fully saturated rings. The first-order valence-corrected chi connectivity index (χ1v) is 8.39. The van der Waals surface area contributed by atoms with Crippen LogP contribution in [0, 0.1) is 6.92 Å². The highest BCUT2D eigenvalue weighted by Crippen LogP contribution is 2.29. The molecule has 0 spiro atoms. The Bertz CT molecular complexity index is 856. The van der Waals surface area contributed by atoms with E-state index >= 15 is 0 Å². The van der Waals surface area contributed by atoms with Crippen LogP contribution in [-0.2, 0) is 0 Å². The molecular weight excluding hydrogens is 340 g/mol. The molecule has 0 aromatic heterocycles. The average molecular weight is 357 g/mol. The second kappa shape index (κ2) is 6.11. The molecule has 1 aliphatic rings. The smallest absolute Gasteiger partial charge is 0.260 e. The van der Waals surface area contributed by atoms with Gasteiger partial charge in [-0.2, -0.15) is 0 Å². The topological polar surface area (TPSA) is 32.7 Å². The van der Waals surface area contributed by atoms with E-state index in [2.05, 4.69) is 4.99 Å². The Morgan fingerprint density at radius 1 is 1.17 bits per heavy atom. The van der Waals surface area contributed by atoms with E-state index < -0.39 is 5.66 Å². The van der Waals surface area contributed by atoms with Gasteiger partial charge in [0.25, 0.3) is 5.91 Å². The monoisotopic (exact) mass is 356 g/mol. The fourth-order valence-electron chi connectivity index (χ4n) is 2.72. The molecule has 3 nitrogen and oxygen atoms in total. The molecule has 122 valence electrons. The van der Waals surface area contributed by atoms with Gasteiger partial charge >= 0.3 is 0 Å². The Hall–Kier alpha value is -2.04. The fourth-order valence-corrected chi connectivity index (χ4v) is 3.38. The van der Waals surface area contributed by atoms with E-state index in [0.29, 0.717) is 21.3 Å². The Labute approximate surface area is 152 Å². The van der Waals surface area contributed by atoms with Crippen LogP contribution in [0.1, 0.15) is 35.3 Å². The molecule has 0 unspecified atom stereocenters. The summed E-state index contributed by atoms with van der Waals surface area (Å²) < 4.78 is 0. The third-order valence-electron chi connectivity index (χ3n) is 3.94. The van der Waals surface area contributed by atoms with E-state index in [4.69, 9.17) is 23.8 Å². The summed E-state index contributed by atoms with van der Waals surface area (Å²) in [6, 6.07) is 14.8. The molecule has 1 amide bonds. The highest BCUT2D eigenvalue weighted by Gasteiger charge is 2.42. The van der Waals surface area contributed by atoms with Crippen molar-refractivity contribution in [2.45, 2.75) is 26.4 Å². The summed E-state index contributed by atoms with van der Waals surface area (Å²) in [7, 11) is 0. The van der Waals surface area contributed by atoms with E-state index in [9.17, 15) is 4.79 Å². The number of hydrogen-bond donors (Lipinski definition) is 0. The van der Waals surface area contributed by atoms with Gasteiger partial charge in [-0.1, -0.05) is 53.6 Å². The van der Waals surface area contributed by atoms with Crippen LogP contribution in [0.15, 0.2) is 53.5 Å². The number of amides is 1. The summed E-state index contributed by atoms with van der Waals surface area (Å²) in [5, 5.41) is 0.610. The molecule has 0 saturated carbocycles. The molecular formula is C19H17ClN2OS. The summed E-state index contributed by atoms with van der Waals surface area (Å²) in [4.78, 5) is 19.6. The van der Waals surface area contributed by atoms with Gasteiger partial charge in [-0.15, -0.1) is 0 Å². The first-order chi connectivity index (χ1) is 11.3. The van der Waals surface area contributed by atoms with Crippen molar-refractivity contribution in [1.29, 1.82) is 0 Å². The highest BCUT2D eigenvalue weighted by molar-refractivity contribution is 7.82. The van der Waals surface area contributed by atoms with Crippen LogP contribution in [0.25, 0.3) is 0 Å². The summed E-state index contributed by atoms with van der Waals surface area (Å²) in [6.07, 6.45) is 0. The third kappa shape index (κ3) is 2.99. The SMILES string of the molecule is Cc1ccc(C(=O)N2C(=S)C(c3cccc(Cl)c3)=NC2(C)C)cc1. The van der Waals surface area contributed by atoms with Gasteiger partial charge in [0, 0.05) is 16.1 Å². The van der Waals surface area contributed by atoms with E-state index in [1.54, 1.807) is 11.0 Å². The number of carbonyl (C=O) groups excluding carboxylic acids is 1. The number of nitrogens with zero attached hydrogens (tertiary/aromatic N) is 2. The maximum Gasteiger partial charge on any atom is 0.260 e. The van der Waals surface area contributed by atoms with Gasteiger partial charge in [0.1, 0.15) is 16.4 Å². The van der Waals surface area contributed by atoms with Gasteiger partial charge in [0.05, 0.1) is 0 Å². The maximum atomic E-state index is 13.0. The Morgan fingerprint density at radius 3 is 2.46 bits per heavy atom. The van der Waals surface area contributed by atoms with Crippen LogP contribution in [0.2, 0.25) is 5.02 Å². The minimum absolute atomic E-state index is 0.147. The molecule has 0 aliphatic carbocycles. The van der Waals surface area contributed by atoms with Crippen molar-refractivity contribution in [3.8, 4) is 0 Å². The van der Waals surface area contributed by atoms with E-state index in [1.807, 2.05) is 63.2 Å². The van der Waals surface area contributed by atoms with Crippen molar-refractivity contribution in [2.75, 3.05) is 0 Å². The fraction of sp³-hybridized carbons (Fsp3) is 0.211. The zero-order chi connectivity index (χ0) is 17.5. The lowest BCUT2D eigenvalue weighted by atomic mass is 10.1. The third-order valence-corrected chi connectivity index (χ3v) is 4.55. The first kappa shape index (κ1) is 16.8. The number of rotatable bonds is 2. The van der Waals surface area contributed by atoms with Gasteiger partial charge in [-0.05, 0) is 45.0 Å². The molecule has 0 radical (unpaired) electrons. The van der Waals surface area contributed by atoms with Crippen molar-refractivity contribution in [2.24, 2.45) is 4.99 Å². The maximum absolute atomic E-state index is 13.0. The van der Waals surface area contributed by atoms with Crippen LogP contribution < -0.4 is 0 Å². The molecule has 5 heteroatoms. The minimum atomic E-state index is -0.739. The Morgan fingerprint density at radius 2 is 1.83 bits per heavy atom. The quantitative estimate of drug-likeness (QED) is 0.733. The number of halogens is 1. The summed E-state index contributed by atoms with van der Waals surface area (Å²) >= 11 is 11.6. The standard InChI is InChI=1S/C19H17ClN2OS/c1-12-7-9-13(10-8-12)17(23)22-18(24)16(21-19(22,2)3)14-5-4-6-15(20)11-14/h4-11H,1-3H3. The average Bonchev–Trinajstić information content (AvgIpc) is 2.77. The zero-order valence-corrected chi connectivity index (χ0v) is 15.3. The first-order valence-electron chi connectivity index (χ1n) is 7.61. The molecule has 24 heavy (non-hydrogen) atoms. The van der Waals surface area contributed by atoms with Gasteiger partial charge in [0.15, 0.2) is 0 Å². The van der Waals surface area contributed by atoms with Crippen molar-refractivity contribution in [1.82, 2.24) is 4.90 Å². The Kier molecular flexibility index (Phi) is 4.28. The zero-order valence-electron chi connectivity index (χ0n) is 13.7. The van der Waals surface area contributed by atoms with Crippen LogP contribution >= 0.6 is 23.8 Å². The van der Waals surface area contributed by atoms with E-state index in [0.717, 1.165) is 11.1 Å². The molecule has 3 rings (SSSR count). The minimum Gasteiger partial charge on any atom is -0.272 e. The lowest BCUT2D eigenvalue weighted by Gasteiger charge is -2.29. The van der Waals surface area contributed by atoms with Gasteiger partial charge in [-0.3, -0.25) is 14.7 Å². The number of benzene rings is 2. The van der Waals surface area contributed by atoms with Crippen molar-refractivity contribution < 1.29 is 4.79 Å². The normalized spacial score (nSPS) is 16.2. The largest absolute Gasteiger partial charge is 0.272 e. The molecule has 0 saturated heterocycles. The lowest BCUT2D eigenvalue weighted by molar-refractivity contribution is 0.0758. The molecule has 1 heterocycles. The number of aliphatic imine (C=N–C) groups is 1. The van der Waals surface area contributed by atoms with Crippen LogP contribution in [0.4, 0.5) is 0 Å². The van der Waals surface area contributed by atoms with Gasteiger partial charge < -0.3 is 0 Å². The van der Waals surface area contributed by atoms with Crippen molar-refractivity contribution in [3.05, 3.63) is 70.2 Å². The van der Waals surface area contributed by atoms with E-state index in [1.165, 1.54) is 0 Å². The summed E-state index contributed by atoms with van der Waals surface area (Å²) in [6.45, 7) is 5.74. The Balaban J connectivity index is 1.98. The molecule has 0 bridgehead atoms.